The Hall–Kier alpha value is -2.23. The monoisotopic (exact) mass is 426 g/mol. The van der Waals surface area contributed by atoms with E-state index in [0.717, 1.165) is 40.1 Å². The average Bonchev–Trinajstić information content (AvgIpc) is 3.46. The van der Waals surface area contributed by atoms with Gasteiger partial charge in [-0.3, -0.25) is 10.1 Å². The van der Waals surface area contributed by atoms with E-state index < -0.39 is 0 Å². The first kappa shape index (κ1) is 24.0. The molecule has 5 nitrogen and oxygen atoms in total. The molecule has 2 aliphatic rings. The van der Waals surface area contributed by atoms with Crippen molar-refractivity contribution < 1.29 is 4.74 Å². The molecule has 1 saturated heterocycles. The molecular weight excluding hydrogens is 391 g/mol. The Bertz CT molecular complexity index is 850. The smallest absolute Gasteiger partial charge is 0.0668 e. The van der Waals surface area contributed by atoms with E-state index in [1.165, 1.54) is 27.7 Å². The maximum absolute atomic E-state index is 5.47. The maximum Gasteiger partial charge on any atom is 0.0668 e. The van der Waals surface area contributed by atoms with Crippen molar-refractivity contribution in [1.82, 2.24) is 20.5 Å². The van der Waals surface area contributed by atoms with Crippen LogP contribution in [0, 0.1) is 13.8 Å². The van der Waals surface area contributed by atoms with Gasteiger partial charge in [-0.05, 0) is 68.3 Å². The second-order valence-electron chi connectivity index (χ2n) is 6.99. The zero-order valence-corrected chi connectivity index (χ0v) is 19.8. The van der Waals surface area contributed by atoms with Gasteiger partial charge in [0.25, 0.3) is 0 Å². The van der Waals surface area contributed by atoms with Crippen LogP contribution in [0.25, 0.3) is 5.57 Å². The van der Waals surface area contributed by atoms with Crippen molar-refractivity contribution in [3.05, 3.63) is 76.8 Å². The number of rotatable bonds is 4. The number of hydrogen-bond donors (Lipinski definition) is 2. The molecule has 0 saturated carbocycles. The Morgan fingerprint density at radius 2 is 2.07 bits per heavy atom. The standard InChI is InChI=1S/C18H23N2OP.C4H6N2.C2H6/c1-3-4-14-12-22-18(20-15-6-8-21-11-15)9-16(14)17-10-19-7-5-13(17)2;1-4-2-3-5-6-4;1-2/h3-5,7,9-10,15,20,22H,6,8,11-12H2,1-2H3;2-3H,1H3,(H,5,6);1-2H3/b4-3-;;. The fraction of sp³-hybridized carbons (Fsp3) is 0.417. The number of aryl methyl sites for hydroxylation is 2. The lowest BCUT2D eigenvalue weighted by atomic mass is 9.97. The molecule has 0 aromatic carbocycles. The van der Waals surface area contributed by atoms with Crippen LogP contribution in [-0.4, -0.2) is 40.6 Å². The van der Waals surface area contributed by atoms with Gasteiger partial charge in [-0.25, -0.2) is 0 Å². The summed E-state index contributed by atoms with van der Waals surface area (Å²) >= 11 is 0. The second kappa shape index (κ2) is 13.1. The second-order valence-corrected chi connectivity index (χ2v) is 8.23. The third kappa shape index (κ3) is 7.23. The number of ether oxygens (including phenoxy) is 1. The minimum absolute atomic E-state index is 0.471. The van der Waals surface area contributed by atoms with Crippen molar-refractivity contribution in [3.8, 4) is 0 Å². The van der Waals surface area contributed by atoms with E-state index >= 15 is 0 Å². The summed E-state index contributed by atoms with van der Waals surface area (Å²) in [6.45, 7) is 11.9. The summed E-state index contributed by atoms with van der Waals surface area (Å²) in [6, 6.07) is 4.47. The van der Waals surface area contributed by atoms with Gasteiger partial charge in [-0.15, -0.1) is 0 Å². The normalized spacial score (nSPS) is 19.1. The van der Waals surface area contributed by atoms with Crippen LogP contribution in [0.5, 0.6) is 0 Å². The van der Waals surface area contributed by atoms with E-state index in [2.05, 4.69) is 58.6 Å². The van der Waals surface area contributed by atoms with Crippen molar-refractivity contribution in [2.75, 3.05) is 19.4 Å². The third-order valence-corrected chi connectivity index (χ3v) is 5.96. The molecule has 30 heavy (non-hydrogen) atoms. The Labute approximate surface area is 182 Å². The van der Waals surface area contributed by atoms with Gasteiger partial charge in [0, 0.05) is 41.9 Å². The highest BCUT2D eigenvalue weighted by Gasteiger charge is 2.19. The van der Waals surface area contributed by atoms with Gasteiger partial charge in [-0.1, -0.05) is 34.6 Å². The Morgan fingerprint density at radius 3 is 2.63 bits per heavy atom. The predicted octanol–water partition coefficient (Wildman–Crippen LogP) is 5.38. The quantitative estimate of drug-likeness (QED) is 0.645. The summed E-state index contributed by atoms with van der Waals surface area (Å²) in [7, 11) is 0.802. The summed E-state index contributed by atoms with van der Waals surface area (Å²) in [4.78, 5) is 4.32. The minimum Gasteiger partial charge on any atom is -0.380 e. The van der Waals surface area contributed by atoms with E-state index in [-0.39, 0.29) is 0 Å². The highest BCUT2D eigenvalue weighted by molar-refractivity contribution is 7.43. The zero-order chi connectivity index (χ0) is 21.8. The number of hydrogen-bond acceptors (Lipinski definition) is 4. The molecule has 6 heteroatoms. The lowest BCUT2D eigenvalue weighted by molar-refractivity contribution is 0.191. The molecule has 0 spiro atoms. The van der Waals surface area contributed by atoms with Gasteiger partial charge in [-0.2, -0.15) is 5.10 Å². The molecule has 0 radical (unpaired) electrons. The van der Waals surface area contributed by atoms with E-state index in [9.17, 15) is 0 Å². The van der Waals surface area contributed by atoms with Crippen LogP contribution in [0.1, 0.15) is 44.0 Å². The van der Waals surface area contributed by atoms with Gasteiger partial charge < -0.3 is 10.1 Å². The van der Waals surface area contributed by atoms with Crippen LogP contribution in [0.2, 0.25) is 0 Å². The van der Waals surface area contributed by atoms with Crippen molar-refractivity contribution >= 4 is 14.2 Å². The number of pyridine rings is 1. The molecule has 0 bridgehead atoms. The highest BCUT2D eigenvalue weighted by atomic mass is 31.1. The van der Waals surface area contributed by atoms with Crippen molar-refractivity contribution in [2.24, 2.45) is 0 Å². The molecule has 0 amide bonds. The van der Waals surface area contributed by atoms with E-state index in [1.807, 2.05) is 39.2 Å². The number of H-pyrrole nitrogens is 1. The highest BCUT2D eigenvalue weighted by Crippen LogP contribution is 2.38. The summed E-state index contributed by atoms with van der Waals surface area (Å²) in [5.74, 6) is 0. The van der Waals surface area contributed by atoms with Crippen molar-refractivity contribution in [2.45, 2.75) is 47.1 Å². The number of nitrogens with zero attached hydrogens (tertiary/aromatic N) is 2. The van der Waals surface area contributed by atoms with Crippen LogP contribution in [-0.2, 0) is 4.74 Å². The van der Waals surface area contributed by atoms with Gasteiger partial charge in [0.1, 0.15) is 0 Å². The number of aromatic amines is 1. The molecule has 2 aliphatic heterocycles. The summed E-state index contributed by atoms with van der Waals surface area (Å²) in [5, 5.41) is 10.1. The molecule has 2 aromatic rings. The average molecular weight is 427 g/mol. The molecule has 2 aromatic heterocycles. The fourth-order valence-electron chi connectivity index (χ4n) is 3.21. The minimum atomic E-state index is 0.471. The molecular formula is C24H35N4OP. The summed E-state index contributed by atoms with van der Waals surface area (Å²) in [5.41, 5.74) is 7.69. The van der Waals surface area contributed by atoms with Crippen molar-refractivity contribution in [1.29, 1.82) is 0 Å². The maximum atomic E-state index is 5.47. The number of allylic oxidation sites excluding steroid dienone is 5. The predicted molar refractivity (Wildman–Crippen MR) is 129 cm³/mol. The third-order valence-electron chi connectivity index (χ3n) is 4.73. The van der Waals surface area contributed by atoms with Gasteiger partial charge in [0.05, 0.1) is 12.6 Å². The number of nitrogens with one attached hydrogen (secondary N) is 2. The van der Waals surface area contributed by atoms with Crippen LogP contribution in [0.3, 0.4) is 0 Å². The molecule has 0 aliphatic carbocycles. The Balaban J connectivity index is 0.000000340. The van der Waals surface area contributed by atoms with E-state index in [0.29, 0.717) is 6.04 Å². The molecule has 4 heterocycles. The van der Waals surface area contributed by atoms with Gasteiger partial charge in [0.15, 0.2) is 0 Å². The Kier molecular flexibility index (Phi) is 10.5. The molecule has 2 unspecified atom stereocenters. The molecule has 4 rings (SSSR count). The topological polar surface area (TPSA) is 62.8 Å². The SMILES string of the molecule is C/C=C\C1=C(c2cnccc2C)C=C(NC2CCOC2)PC1.CC.Cc1ccn[nH]1. The lowest BCUT2D eigenvalue weighted by Crippen LogP contribution is -2.27. The van der Waals surface area contributed by atoms with E-state index in [4.69, 9.17) is 4.74 Å². The summed E-state index contributed by atoms with van der Waals surface area (Å²) in [6.07, 6.45) is 14.5. The van der Waals surface area contributed by atoms with Crippen LogP contribution in [0.4, 0.5) is 0 Å². The van der Waals surface area contributed by atoms with Gasteiger partial charge in [0.2, 0.25) is 0 Å². The molecule has 2 atom stereocenters. The Morgan fingerprint density at radius 1 is 1.23 bits per heavy atom. The number of aromatic nitrogens is 3. The van der Waals surface area contributed by atoms with Gasteiger partial charge >= 0.3 is 0 Å². The first-order valence-electron chi connectivity index (χ1n) is 10.7. The lowest BCUT2D eigenvalue weighted by Gasteiger charge is -2.23. The summed E-state index contributed by atoms with van der Waals surface area (Å²) < 4.78 is 5.47. The van der Waals surface area contributed by atoms with Crippen molar-refractivity contribution in [3.63, 3.8) is 0 Å². The zero-order valence-electron chi connectivity index (χ0n) is 18.8. The first-order chi connectivity index (χ1) is 14.7. The molecule has 2 N–H and O–H groups in total. The largest absolute Gasteiger partial charge is 0.380 e. The van der Waals surface area contributed by atoms with Crippen LogP contribution >= 0.6 is 8.58 Å². The fourth-order valence-corrected chi connectivity index (χ4v) is 4.45. The molecule has 1 fully saturated rings. The van der Waals surface area contributed by atoms with Crippen LogP contribution in [0.15, 0.2) is 60.0 Å². The first-order valence-corrected chi connectivity index (χ1v) is 11.9. The van der Waals surface area contributed by atoms with Crippen LogP contribution < -0.4 is 5.32 Å². The van der Waals surface area contributed by atoms with E-state index in [1.54, 1.807) is 6.20 Å². The molecule has 162 valence electrons.